The van der Waals surface area contributed by atoms with Gasteiger partial charge in [0.25, 0.3) is 0 Å². The maximum absolute atomic E-state index is 12.4. The summed E-state index contributed by atoms with van der Waals surface area (Å²) in [6.45, 7) is 27.4. The molecule has 0 atom stereocenters. The van der Waals surface area contributed by atoms with Crippen LogP contribution in [0.25, 0.3) is 38.6 Å². The molecule has 1 N–H and O–H groups in total. The van der Waals surface area contributed by atoms with Gasteiger partial charge in [0, 0.05) is 36.1 Å². The van der Waals surface area contributed by atoms with Gasteiger partial charge in [0.1, 0.15) is 5.75 Å². The predicted octanol–water partition coefficient (Wildman–Crippen LogP) is 11.8. The molecule has 3 nitrogen and oxygen atoms in total. The number of rotatable bonds is 5. The molecule has 3 heteroatoms. The highest BCUT2D eigenvalue weighted by atomic mass is 16.3. The Labute approximate surface area is 278 Å². The molecule has 1 heterocycles. The summed E-state index contributed by atoms with van der Waals surface area (Å²) in [7, 11) is 4.14. The lowest BCUT2D eigenvalue weighted by Crippen LogP contribution is -2.25. The molecule has 244 valence electrons. The molecule has 0 amide bonds. The molecule has 5 aromatic rings. The first-order valence-corrected chi connectivity index (χ1v) is 16.8. The SMILES string of the molecule is Cc1cc(-c2cc(C(C)(C)CC(C)(C)C)cc(-n3c4ccc(C(C)(C)C)cc4c4cc(C(C)(C)C)ccc43)c2O)cc(N(C)C)c1. The number of hydrogen-bond donors (Lipinski definition) is 1. The van der Waals surface area contributed by atoms with Gasteiger partial charge in [-0.1, -0.05) is 94.4 Å². The van der Waals surface area contributed by atoms with E-state index in [4.69, 9.17) is 0 Å². The van der Waals surface area contributed by atoms with Crippen LogP contribution in [0.3, 0.4) is 0 Å². The quantitative estimate of drug-likeness (QED) is 0.213. The number of aryl methyl sites for hydroxylation is 1. The topological polar surface area (TPSA) is 28.4 Å². The van der Waals surface area contributed by atoms with Crippen molar-refractivity contribution in [1.82, 2.24) is 4.57 Å². The average molecular weight is 617 g/mol. The summed E-state index contributed by atoms with van der Waals surface area (Å²) >= 11 is 0. The van der Waals surface area contributed by atoms with Crippen LogP contribution in [0.5, 0.6) is 5.75 Å². The van der Waals surface area contributed by atoms with Crippen molar-refractivity contribution >= 4 is 27.5 Å². The first kappa shape index (κ1) is 33.6. The average Bonchev–Trinajstić information content (AvgIpc) is 3.23. The molecule has 0 saturated carbocycles. The smallest absolute Gasteiger partial charge is 0.147 e. The lowest BCUT2D eigenvalue weighted by atomic mass is 9.71. The van der Waals surface area contributed by atoms with Gasteiger partial charge in [0.05, 0.1) is 16.7 Å². The summed E-state index contributed by atoms with van der Waals surface area (Å²) in [4.78, 5) is 2.13. The number of fused-ring (bicyclic) bond motifs is 3. The van der Waals surface area contributed by atoms with E-state index < -0.39 is 0 Å². The van der Waals surface area contributed by atoms with E-state index in [2.05, 4.69) is 173 Å². The Kier molecular flexibility index (Phi) is 8.20. The van der Waals surface area contributed by atoms with Crippen LogP contribution in [0.1, 0.15) is 105 Å². The molecule has 0 radical (unpaired) electrons. The maximum atomic E-state index is 12.4. The Morgan fingerprint density at radius 2 is 1.15 bits per heavy atom. The third kappa shape index (κ3) is 6.43. The van der Waals surface area contributed by atoms with E-state index in [1.54, 1.807) is 0 Å². The van der Waals surface area contributed by atoms with Gasteiger partial charge in [0.15, 0.2) is 0 Å². The second kappa shape index (κ2) is 11.2. The summed E-state index contributed by atoms with van der Waals surface area (Å²) in [6, 6.07) is 24.9. The van der Waals surface area contributed by atoms with Gasteiger partial charge in [0.2, 0.25) is 0 Å². The van der Waals surface area contributed by atoms with Crippen LogP contribution in [-0.4, -0.2) is 23.8 Å². The highest BCUT2D eigenvalue weighted by Gasteiger charge is 2.30. The summed E-state index contributed by atoms with van der Waals surface area (Å²) in [5, 5.41) is 14.9. The molecule has 0 aliphatic carbocycles. The van der Waals surface area contributed by atoms with Crippen molar-refractivity contribution in [3.05, 3.63) is 89.0 Å². The van der Waals surface area contributed by atoms with Crippen LogP contribution in [0.15, 0.2) is 66.7 Å². The number of benzene rings is 4. The minimum Gasteiger partial charge on any atom is -0.505 e. The molecule has 0 bridgehead atoms. The zero-order valence-corrected chi connectivity index (χ0v) is 30.9. The van der Waals surface area contributed by atoms with Crippen LogP contribution >= 0.6 is 0 Å². The molecule has 1 aromatic heterocycles. The number of aromatic nitrogens is 1. The van der Waals surface area contributed by atoms with Gasteiger partial charge in [-0.3, -0.25) is 0 Å². The number of anilines is 1. The third-order valence-electron chi connectivity index (χ3n) is 9.47. The lowest BCUT2D eigenvalue weighted by Gasteiger charge is -2.34. The van der Waals surface area contributed by atoms with E-state index in [0.717, 1.165) is 40.0 Å². The van der Waals surface area contributed by atoms with Gasteiger partial charge in [-0.05, 0) is 111 Å². The maximum Gasteiger partial charge on any atom is 0.147 e. The van der Waals surface area contributed by atoms with Crippen molar-refractivity contribution in [1.29, 1.82) is 0 Å². The summed E-state index contributed by atoms with van der Waals surface area (Å²) in [5.74, 6) is 0.309. The molecule has 4 aromatic carbocycles. The highest BCUT2D eigenvalue weighted by molar-refractivity contribution is 6.10. The second-order valence-electron chi connectivity index (χ2n) is 17.8. The molecule has 0 spiro atoms. The molecule has 0 saturated heterocycles. The summed E-state index contributed by atoms with van der Waals surface area (Å²) < 4.78 is 2.31. The molecular weight excluding hydrogens is 560 g/mol. The Morgan fingerprint density at radius 1 is 0.630 bits per heavy atom. The Hall–Kier alpha value is -3.72. The van der Waals surface area contributed by atoms with Crippen LogP contribution in [-0.2, 0) is 16.2 Å². The van der Waals surface area contributed by atoms with Crippen molar-refractivity contribution in [2.24, 2.45) is 5.41 Å². The van der Waals surface area contributed by atoms with E-state index >= 15 is 0 Å². The van der Waals surface area contributed by atoms with Crippen molar-refractivity contribution in [2.45, 2.75) is 106 Å². The van der Waals surface area contributed by atoms with Crippen LogP contribution in [0, 0.1) is 12.3 Å². The minimum atomic E-state index is -0.124. The predicted molar refractivity (Wildman–Crippen MR) is 201 cm³/mol. The second-order valence-corrected chi connectivity index (χ2v) is 17.8. The van der Waals surface area contributed by atoms with Crippen molar-refractivity contribution in [2.75, 3.05) is 19.0 Å². The number of phenols is 1. The van der Waals surface area contributed by atoms with Gasteiger partial charge in [-0.15, -0.1) is 0 Å². The number of phenolic OH excluding ortho intramolecular Hbond substituents is 1. The van der Waals surface area contributed by atoms with Crippen molar-refractivity contribution in [3.8, 4) is 22.6 Å². The molecular formula is C43H56N2O. The first-order valence-electron chi connectivity index (χ1n) is 16.8. The van der Waals surface area contributed by atoms with Gasteiger partial charge in [-0.25, -0.2) is 0 Å². The molecule has 46 heavy (non-hydrogen) atoms. The molecule has 0 aliphatic heterocycles. The van der Waals surface area contributed by atoms with Crippen LogP contribution in [0.4, 0.5) is 5.69 Å². The van der Waals surface area contributed by atoms with E-state index in [1.807, 2.05) is 0 Å². The number of hydrogen-bond acceptors (Lipinski definition) is 2. The monoisotopic (exact) mass is 616 g/mol. The van der Waals surface area contributed by atoms with E-state index in [1.165, 1.54) is 33.0 Å². The van der Waals surface area contributed by atoms with Crippen LogP contribution in [0.2, 0.25) is 0 Å². The van der Waals surface area contributed by atoms with Gasteiger partial charge in [-0.2, -0.15) is 0 Å². The standard InChI is InChI=1S/C43H56N2O/c1-27-19-28(21-32(20-27)44(13)14)33-24-31(43(11,12)26-40(2,3)4)25-38(39(33)46)45-36-17-15-29(41(5,6)7)22-34(36)35-23-30(42(8,9)10)16-18-37(35)45/h15-25,46H,26H2,1-14H3. The van der Waals surface area contributed by atoms with Crippen LogP contribution < -0.4 is 4.90 Å². The minimum absolute atomic E-state index is 0.0196. The molecule has 0 fully saturated rings. The van der Waals surface area contributed by atoms with Crippen molar-refractivity contribution in [3.63, 3.8) is 0 Å². The largest absolute Gasteiger partial charge is 0.505 e. The zero-order valence-electron chi connectivity index (χ0n) is 30.9. The van der Waals surface area contributed by atoms with E-state index in [9.17, 15) is 5.11 Å². The Bertz CT molecular complexity index is 1860. The van der Waals surface area contributed by atoms with Gasteiger partial charge < -0.3 is 14.6 Å². The normalized spacial score (nSPS) is 13.2. The van der Waals surface area contributed by atoms with Crippen molar-refractivity contribution < 1.29 is 5.11 Å². The molecule has 0 unspecified atom stereocenters. The van der Waals surface area contributed by atoms with E-state index in [0.29, 0.717) is 5.75 Å². The third-order valence-corrected chi connectivity index (χ3v) is 9.47. The highest BCUT2D eigenvalue weighted by Crippen LogP contribution is 2.46. The number of nitrogens with zero attached hydrogens (tertiary/aromatic N) is 2. The first-order chi connectivity index (χ1) is 21.1. The number of aromatic hydroxyl groups is 1. The summed E-state index contributed by atoms with van der Waals surface area (Å²) in [5.41, 5.74) is 11.1. The zero-order chi connectivity index (χ0) is 34.1. The Balaban J connectivity index is 1.93. The Morgan fingerprint density at radius 3 is 1.61 bits per heavy atom. The summed E-state index contributed by atoms with van der Waals surface area (Å²) in [6.07, 6.45) is 1.01. The fourth-order valence-electron chi connectivity index (χ4n) is 7.22. The van der Waals surface area contributed by atoms with Gasteiger partial charge >= 0.3 is 0 Å². The fourth-order valence-corrected chi connectivity index (χ4v) is 7.22. The fraction of sp³-hybridized carbons (Fsp3) is 0.442. The lowest BCUT2D eigenvalue weighted by molar-refractivity contribution is 0.284. The van der Waals surface area contributed by atoms with E-state index in [-0.39, 0.29) is 21.7 Å². The molecule has 5 rings (SSSR count). The molecule has 0 aliphatic rings.